The SMILES string of the molecule is C[Si](C)(C)CC1=C(c2ccc3ccccc3c2)[C@@H]([Si](C)(C)C)c2c1ccc1ccccc21.C[Si](C)(C)CC1=C(c2ccc3ccccc3c2)[C@H]([Si](C)(C)C)c2c1ccc1ccccc21. The topological polar surface area (TPSA) is 0 Å². The van der Waals surface area contributed by atoms with Crippen LogP contribution in [-0.2, 0) is 0 Å². The Labute approximate surface area is 388 Å². The molecule has 324 valence electrons. The molecule has 2 aliphatic rings. The van der Waals surface area contributed by atoms with E-state index in [1.807, 2.05) is 0 Å². The fourth-order valence-electron chi connectivity index (χ4n) is 11.2. The Morgan fingerprint density at radius 3 is 0.984 bits per heavy atom. The summed E-state index contributed by atoms with van der Waals surface area (Å²) in [7, 11) is -5.77. The molecule has 2 atom stereocenters. The molecule has 8 aromatic rings. The maximum absolute atomic E-state index is 2.56. The average molecular weight is 902 g/mol. The van der Waals surface area contributed by atoms with E-state index in [-0.39, 0.29) is 0 Å². The first-order valence-corrected chi connectivity index (χ1v) is 38.3. The minimum Gasteiger partial charge on any atom is -0.0693 e. The third-order valence-electron chi connectivity index (χ3n) is 13.7. The molecule has 0 saturated heterocycles. The highest BCUT2D eigenvalue weighted by Gasteiger charge is 2.43. The minimum atomic E-state index is -1.57. The predicted molar refractivity (Wildman–Crippen MR) is 298 cm³/mol. The molecule has 64 heavy (non-hydrogen) atoms. The van der Waals surface area contributed by atoms with Gasteiger partial charge >= 0.3 is 0 Å². The molecule has 0 N–H and O–H groups in total. The maximum Gasteiger partial charge on any atom is 0.0574 e. The third-order valence-corrected chi connectivity index (χ3v) is 21.1. The largest absolute Gasteiger partial charge is 0.0693 e. The van der Waals surface area contributed by atoms with Gasteiger partial charge in [0, 0.05) is 27.2 Å². The van der Waals surface area contributed by atoms with Crippen molar-refractivity contribution < 1.29 is 0 Å². The molecule has 0 nitrogen and oxygen atoms in total. The zero-order valence-electron chi connectivity index (χ0n) is 40.6. The van der Waals surface area contributed by atoms with Gasteiger partial charge in [0.15, 0.2) is 0 Å². The summed E-state index contributed by atoms with van der Waals surface area (Å²) in [5.74, 6) is 0. The second-order valence-corrected chi connectivity index (χ2v) is 45.0. The molecular weight excluding hydrogens is 833 g/mol. The van der Waals surface area contributed by atoms with E-state index in [1.165, 1.54) is 77.4 Å². The molecule has 0 heterocycles. The van der Waals surface area contributed by atoms with Gasteiger partial charge in [-0.25, -0.2) is 0 Å². The molecular formula is C60H68Si4. The van der Waals surface area contributed by atoms with Crippen LogP contribution >= 0.6 is 0 Å². The molecule has 0 aliphatic heterocycles. The number of fused-ring (bicyclic) bond motifs is 8. The summed E-state index contributed by atoms with van der Waals surface area (Å²) in [5, 5.41) is 11.0. The smallest absolute Gasteiger partial charge is 0.0574 e. The van der Waals surface area contributed by atoms with Crippen LogP contribution in [0.15, 0.2) is 158 Å². The second-order valence-electron chi connectivity index (χ2n) is 23.5. The first kappa shape index (κ1) is 44.4. The van der Waals surface area contributed by atoms with E-state index >= 15 is 0 Å². The predicted octanol–water partition coefficient (Wildman–Crippen LogP) is 18.4. The molecule has 0 bridgehead atoms. The molecule has 0 aromatic heterocycles. The van der Waals surface area contributed by atoms with Crippen molar-refractivity contribution in [2.24, 2.45) is 0 Å². The molecule has 10 rings (SSSR count). The van der Waals surface area contributed by atoms with Gasteiger partial charge in [0.1, 0.15) is 0 Å². The summed E-state index contributed by atoms with van der Waals surface area (Å²) in [4.78, 5) is 0. The van der Waals surface area contributed by atoms with Crippen LogP contribution in [0.5, 0.6) is 0 Å². The van der Waals surface area contributed by atoms with Crippen molar-refractivity contribution in [2.75, 3.05) is 0 Å². The average Bonchev–Trinajstić information content (AvgIpc) is 3.76. The summed E-state index contributed by atoms with van der Waals surface area (Å²) in [6.07, 6.45) is 0. The molecule has 0 fully saturated rings. The summed E-state index contributed by atoms with van der Waals surface area (Å²) in [6, 6.07) is 62.0. The Morgan fingerprint density at radius 1 is 0.328 bits per heavy atom. The number of allylic oxidation sites excluding steroid dienone is 4. The van der Waals surface area contributed by atoms with E-state index in [1.54, 1.807) is 33.4 Å². The summed E-state index contributed by atoms with van der Waals surface area (Å²) < 4.78 is 0. The van der Waals surface area contributed by atoms with Crippen molar-refractivity contribution in [3.8, 4) is 0 Å². The van der Waals surface area contributed by atoms with Gasteiger partial charge in [-0.3, -0.25) is 0 Å². The standard InChI is InChI=1S/2C30H34Si2/c2*1-31(2,3)20-27-26-18-17-22-12-9-10-14-25(22)29(26)30(32(4,5)6)28(27)24-16-15-21-11-7-8-13-23(21)19-24/h2*7-19,30H,20H2,1-6H3/t2*30-/m10/s1. The molecule has 0 spiro atoms. The number of hydrogen-bond donors (Lipinski definition) is 0. The lowest BCUT2D eigenvalue weighted by Gasteiger charge is -2.31. The van der Waals surface area contributed by atoms with E-state index in [2.05, 4.69) is 236 Å². The van der Waals surface area contributed by atoms with Gasteiger partial charge in [-0.1, -0.05) is 224 Å². The quantitative estimate of drug-likeness (QED) is 0.133. The van der Waals surface area contributed by atoms with Crippen LogP contribution in [0.4, 0.5) is 0 Å². The summed E-state index contributed by atoms with van der Waals surface area (Å²) >= 11 is 0. The number of benzene rings is 8. The van der Waals surface area contributed by atoms with Crippen LogP contribution in [0.2, 0.25) is 90.7 Å². The monoisotopic (exact) mass is 900 g/mol. The molecule has 0 saturated carbocycles. The molecule has 0 unspecified atom stereocenters. The van der Waals surface area contributed by atoms with E-state index < -0.39 is 32.3 Å². The Bertz CT molecular complexity index is 2940. The van der Waals surface area contributed by atoms with Crippen LogP contribution in [0.1, 0.15) is 44.5 Å². The van der Waals surface area contributed by atoms with Gasteiger partial charge in [0.2, 0.25) is 0 Å². The normalized spacial score (nSPS) is 16.8. The van der Waals surface area contributed by atoms with Crippen molar-refractivity contribution >= 4 is 97.7 Å². The van der Waals surface area contributed by atoms with E-state index in [0.717, 1.165) is 0 Å². The lowest BCUT2D eigenvalue weighted by Crippen LogP contribution is -2.31. The van der Waals surface area contributed by atoms with Crippen molar-refractivity contribution in [3.63, 3.8) is 0 Å². The van der Waals surface area contributed by atoms with E-state index in [0.29, 0.717) is 11.1 Å². The fraction of sp³-hybridized carbons (Fsp3) is 0.267. The van der Waals surface area contributed by atoms with E-state index in [4.69, 9.17) is 0 Å². The first-order chi connectivity index (χ1) is 30.3. The Kier molecular flexibility index (Phi) is 11.5. The molecule has 0 amide bonds. The fourth-order valence-corrected chi connectivity index (χ4v) is 18.9. The van der Waals surface area contributed by atoms with Gasteiger partial charge in [0.05, 0.1) is 16.1 Å². The summed E-state index contributed by atoms with van der Waals surface area (Å²) in [6.45, 7) is 30.4. The molecule has 4 heteroatoms. The number of rotatable bonds is 8. The van der Waals surface area contributed by atoms with Crippen LogP contribution < -0.4 is 0 Å². The third kappa shape index (κ3) is 8.55. The Morgan fingerprint density at radius 2 is 0.641 bits per heavy atom. The van der Waals surface area contributed by atoms with Crippen molar-refractivity contribution in [2.45, 2.75) is 102 Å². The molecule has 0 radical (unpaired) electrons. The highest BCUT2D eigenvalue weighted by atomic mass is 28.3. The molecule has 8 aromatic carbocycles. The second kappa shape index (κ2) is 16.5. The zero-order chi connectivity index (χ0) is 45.3. The first-order valence-electron chi connectivity index (χ1n) is 23.8. The van der Waals surface area contributed by atoms with E-state index in [9.17, 15) is 0 Å². The highest BCUT2D eigenvalue weighted by molar-refractivity contribution is 6.82. The van der Waals surface area contributed by atoms with Gasteiger partial charge < -0.3 is 0 Å². The summed E-state index contributed by atoms with van der Waals surface area (Å²) in [5.41, 5.74) is 16.7. The number of hydrogen-bond acceptors (Lipinski definition) is 0. The van der Waals surface area contributed by atoms with Crippen molar-refractivity contribution in [3.05, 3.63) is 191 Å². The maximum atomic E-state index is 2.56. The van der Waals surface area contributed by atoms with Gasteiger partial charge in [0.25, 0.3) is 0 Å². The lowest BCUT2D eigenvalue weighted by molar-refractivity contribution is 1.20. The lowest BCUT2D eigenvalue weighted by atomic mass is 9.96. The van der Waals surface area contributed by atoms with Crippen LogP contribution in [-0.4, -0.2) is 32.3 Å². The van der Waals surface area contributed by atoms with Crippen LogP contribution in [0.3, 0.4) is 0 Å². The van der Waals surface area contributed by atoms with Gasteiger partial charge in [-0.05, 0) is 123 Å². The highest BCUT2D eigenvalue weighted by Crippen LogP contribution is 2.57. The molecule has 2 aliphatic carbocycles. The van der Waals surface area contributed by atoms with Crippen molar-refractivity contribution in [1.82, 2.24) is 0 Å². The Balaban J connectivity index is 0.000000162. The Hall–Kier alpha value is -4.85. The van der Waals surface area contributed by atoms with Crippen molar-refractivity contribution in [1.29, 1.82) is 0 Å². The van der Waals surface area contributed by atoms with Crippen LogP contribution in [0.25, 0.3) is 65.4 Å². The van der Waals surface area contributed by atoms with Crippen LogP contribution in [0, 0.1) is 0 Å². The van der Waals surface area contributed by atoms with Gasteiger partial charge in [-0.15, -0.1) is 0 Å². The van der Waals surface area contributed by atoms with Gasteiger partial charge in [-0.2, -0.15) is 0 Å². The minimum absolute atomic E-state index is 0.524. The zero-order valence-corrected chi connectivity index (χ0v) is 44.6.